The maximum Gasteiger partial charge on any atom is 0.414 e. The van der Waals surface area contributed by atoms with Gasteiger partial charge in [-0.1, -0.05) is 13.0 Å². The van der Waals surface area contributed by atoms with E-state index in [9.17, 15) is 4.79 Å². The summed E-state index contributed by atoms with van der Waals surface area (Å²) in [4.78, 5) is 13.3. The number of cyclic esters (lactones) is 1. The van der Waals surface area contributed by atoms with Crippen LogP contribution in [0, 0.1) is 5.92 Å². The Morgan fingerprint density at radius 2 is 2.05 bits per heavy atom. The lowest BCUT2D eigenvalue weighted by molar-refractivity contribution is 0.181. The number of benzene rings is 1. The van der Waals surface area contributed by atoms with Crippen molar-refractivity contribution in [3.63, 3.8) is 0 Å². The molecule has 1 aromatic rings. The number of carbonyl (C=O) groups excluding carboxylic acids is 1. The molecule has 0 atom stereocenters. The lowest BCUT2D eigenvalue weighted by atomic mass is 9.87. The highest BCUT2D eigenvalue weighted by atomic mass is 16.6. The number of ether oxygens (including phenoxy) is 1. The largest absolute Gasteiger partial charge is 0.447 e. The Hall–Kier alpha value is -1.71. The fourth-order valence-corrected chi connectivity index (χ4v) is 3.03. The van der Waals surface area contributed by atoms with Gasteiger partial charge in [-0.3, -0.25) is 4.90 Å². The van der Waals surface area contributed by atoms with Gasteiger partial charge in [-0.15, -0.1) is 0 Å². The average molecular weight is 274 g/mol. The number of hydrogen-bond donors (Lipinski definition) is 1. The monoisotopic (exact) mass is 274 g/mol. The zero-order valence-electron chi connectivity index (χ0n) is 12.0. The van der Waals surface area contributed by atoms with E-state index < -0.39 is 0 Å². The third-order valence-corrected chi connectivity index (χ3v) is 4.31. The highest BCUT2D eigenvalue weighted by Crippen LogP contribution is 2.28. The lowest BCUT2D eigenvalue weighted by Gasteiger charge is -2.28. The molecule has 1 saturated carbocycles. The van der Waals surface area contributed by atoms with E-state index in [1.807, 2.05) is 18.2 Å². The Bertz CT molecular complexity index is 481. The second-order valence-corrected chi connectivity index (χ2v) is 5.92. The average Bonchev–Trinajstić information content (AvgIpc) is 2.88. The molecule has 1 aliphatic heterocycles. The minimum atomic E-state index is -0.242. The first-order valence-corrected chi connectivity index (χ1v) is 7.53. The minimum absolute atomic E-state index is 0.242. The van der Waals surface area contributed by atoms with Crippen molar-refractivity contribution in [1.29, 1.82) is 0 Å². The van der Waals surface area contributed by atoms with Crippen LogP contribution in [-0.2, 0) is 4.74 Å². The topological polar surface area (TPSA) is 41.6 Å². The molecule has 2 aliphatic rings. The van der Waals surface area contributed by atoms with Crippen LogP contribution >= 0.6 is 0 Å². The summed E-state index contributed by atoms with van der Waals surface area (Å²) in [5, 5.41) is 3.60. The molecule has 1 amide bonds. The summed E-state index contributed by atoms with van der Waals surface area (Å²) in [6.07, 6.45) is 4.83. The SMILES string of the molecule is CC1CCC(Nc2cccc(N3CCOC3=O)c2)CC1. The van der Waals surface area contributed by atoms with Crippen molar-refractivity contribution in [2.24, 2.45) is 5.92 Å². The van der Waals surface area contributed by atoms with E-state index in [0.29, 0.717) is 19.2 Å². The maximum atomic E-state index is 11.6. The normalized spacial score (nSPS) is 26.4. The Kier molecular flexibility index (Phi) is 3.81. The minimum Gasteiger partial charge on any atom is -0.447 e. The molecule has 20 heavy (non-hydrogen) atoms. The molecule has 0 unspecified atom stereocenters. The van der Waals surface area contributed by atoms with Crippen LogP contribution in [0.1, 0.15) is 32.6 Å². The summed E-state index contributed by atoms with van der Waals surface area (Å²) in [5.41, 5.74) is 2.02. The molecule has 1 saturated heterocycles. The van der Waals surface area contributed by atoms with Crippen LogP contribution in [0.4, 0.5) is 16.2 Å². The summed E-state index contributed by atoms with van der Waals surface area (Å²) in [7, 11) is 0. The van der Waals surface area contributed by atoms with Crippen LogP contribution in [0.15, 0.2) is 24.3 Å². The van der Waals surface area contributed by atoms with Crippen molar-refractivity contribution in [2.75, 3.05) is 23.4 Å². The number of hydrogen-bond acceptors (Lipinski definition) is 3. The van der Waals surface area contributed by atoms with Gasteiger partial charge in [-0.05, 0) is 49.8 Å². The Labute approximate surface area is 120 Å². The van der Waals surface area contributed by atoms with Crippen LogP contribution in [0.5, 0.6) is 0 Å². The molecule has 2 fully saturated rings. The summed E-state index contributed by atoms with van der Waals surface area (Å²) < 4.78 is 4.99. The van der Waals surface area contributed by atoms with E-state index in [2.05, 4.69) is 18.3 Å². The van der Waals surface area contributed by atoms with Crippen molar-refractivity contribution in [1.82, 2.24) is 0 Å². The van der Waals surface area contributed by atoms with Gasteiger partial charge in [0.25, 0.3) is 0 Å². The van der Waals surface area contributed by atoms with E-state index in [1.165, 1.54) is 25.7 Å². The summed E-state index contributed by atoms with van der Waals surface area (Å²) in [6, 6.07) is 8.63. The van der Waals surface area contributed by atoms with E-state index in [-0.39, 0.29) is 6.09 Å². The molecule has 1 heterocycles. The molecule has 0 spiro atoms. The molecule has 4 nitrogen and oxygen atoms in total. The number of carbonyl (C=O) groups is 1. The molecule has 0 bridgehead atoms. The predicted molar refractivity (Wildman–Crippen MR) is 80.2 cm³/mol. The summed E-state index contributed by atoms with van der Waals surface area (Å²) in [5.74, 6) is 0.860. The Morgan fingerprint density at radius 3 is 2.75 bits per heavy atom. The van der Waals surface area contributed by atoms with Crippen LogP contribution in [-0.4, -0.2) is 25.3 Å². The third kappa shape index (κ3) is 2.89. The van der Waals surface area contributed by atoms with Crippen molar-refractivity contribution < 1.29 is 9.53 Å². The van der Waals surface area contributed by atoms with E-state index >= 15 is 0 Å². The number of amides is 1. The highest BCUT2D eigenvalue weighted by molar-refractivity contribution is 5.89. The lowest BCUT2D eigenvalue weighted by Crippen LogP contribution is -2.26. The molecule has 108 valence electrons. The van der Waals surface area contributed by atoms with Crippen LogP contribution in [0.25, 0.3) is 0 Å². The van der Waals surface area contributed by atoms with Gasteiger partial charge in [0.2, 0.25) is 0 Å². The van der Waals surface area contributed by atoms with Gasteiger partial charge in [-0.2, -0.15) is 0 Å². The van der Waals surface area contributed by atoms with Gasteiger partial charge in [0.15, 0.2) is 0 Å². The van der Waals surface area contributed by atoms with Crippen LogP contribution < -0.4 is 10.2 Å². The second-order valence-electron chi connectivity index (χ2n) is 5.92. The van der Waals surface area contributed by atoms with Crippen molar-refractivity contribution in [2.45, 2.75) is 38.6 Å². The van der Waals surface area contributed by atoms with Gasteiger partial charge in [-0.25, -0.2) is 4.79 Å². The summed E-state index contributed by atoms with van der Waals surface area (Å²) >= 11 is 0. The fraction of sp³-hybridized carbons (Fsp3) is 0.562. The molecule has 3 rings (SSSR count). The van der Waals surface area contributed by atoms with Gasteiger partial charge in [0, 0.05) is 17.4 Å². The predicted octanol–water partition coefficient (Wildman–Crippen LogP) is 3.63. The molecule has 0 radical (unpaired) electrons. The van der Waals surface area contributed by atoms with Crippen molar-refractivity contribution >= 4 is 17.5 Å². The molecule has 4 heteroatoms. The Morgan fingerprint density at radius 1 is 1.25 bits per heavy atom. The van der Waals surface area contributed by atoms with Gasteiger partial charge in [0.05, 0.1) is 6.54 Å². The van der Waals surface area contributed by atoms with E-state index in [0.717, 1.165) is 17.3 Å². The van der Waals surface area contributed by atoms with Crippen LogP contribution in [0.3, 0.4) is 0 Å². The maximum absolute atomic E-state index is 11.6. The van der Waals surface area contributed by atoms with Gasteiger partial charge < -0.3 is 10.1 Å². The van der Waals surface area contributed by atoms with Crippen molar-refractivity contribution in [3.8, 4) is 0 Å². The van der Waals surface area contributed by atoms with Crippen molar-refractivity contribution in [3.05, 3.63) is 24.3 Å². The van der Waals surface area contributed by atoms with Gasteiger partial charge in [0.1, 0.15) is 6.61 Å². The quantitative estimate of drug-likeness (QED) is 0.915. The zero-order valence-corrected chi connectivity index (χ0v) is 12.0. The molecular formula is C16H22N2O2. The standard InChI is InChI=1S/C16H22N2O2/c1-12-5-7-13(8-6-12)17-14-3-2-4-15(11-14)18-9-10-20-16(18)19/h2-4,11-13,17H,5-10H2,1H3. The first-order valence-electron chi connectivity index (χ1n) is 7.53. The number of nitrogens with zero attached hydrogens (tertiary/aromatic N) is 1. The smallest absolute Gasteiger partial charge is 0.414 e. The first kappa shape index (κ1) is 13.3. The van der Waals surface area contributed by atoms with E-state index in [1.54, 1.807) is 4.90 Å². The molecule has 0 aromatic heterocycles. The van der Waals surface area contributed by atoms with E-state index in [4.69, 9.17) is 4.74 Å². The fourth-order valence-electron chi connectivity index (χ4n) is 3.03. The number of anilines is 2. The van der Waals surface area contributed by atoms with Crippen LogP contribution in [0.2, 0.25) is 0 Å². The third-order valence-electron chi connectivity index (χ3n) is 4.31. The zero-order chi connectivity index (χ0) is 13.9. The number of nitrogens with one attached hydrogen (secondary N) is 1. The molecule has 1 aliphatic carbocycles. The molecular weight excluding hydrogens is 252 g/mol. The Balaban J connectivity index is 1.66. The van der Waals surface area contributed by atoms with Gasteiger partial charge >= 0.3 is 6.09 Å². The number of rotatable bonds is 3. The first-order chi connectivity index (χ1) is 9.72. The second kappa shape index (κ2) is 5.73. The highest BCUT2D eigenvalue weighted by Gasteiger charge is 2.24. The summed E-state index contributed by atoms with van der Waals surface area (Å²) in [6.45, 7) is 3.45. The molecule has 1 aromatic carbocycles. The molecule has 1 N–H and O–H groups in total.